The molecule has 100 valence electrons. The molecule has 0 aliphatic carbocycles. The first-order chi connectivity index (χ1) is 8.02. The summed E-state index contributed by atoms with van der Waals surface area (Å²) in [5.41, 5.74) is 0. The Balaban J connectivity index is 4.17. The van der Waals surface area contributed by atoms with Crippen LogP contribution >= 0.6 is 11.8 Å². The lowest BCUT2D eigenvalue weighted by molar-refractivity contribution is -0.149. The topological polar surface area (TPSA) is 43.4 Å². The lowest BCUT2D eigenvalue weighted by Gasteiger charge is -2.13. The molecule has 0 amide bonds. The van der Waals surface area contributed by atoms with Crippen molar-refractivity contribution in [2.24, 2.45) is 11.8 Å². The van der Waals surface area contributed by atoms with Crippen LogP contribution in [0.25, 0.3) is 0 Å². The van der Waals surface area contributed by atoms with E-state index in [1.165, 1.54) is 7.11 Å². The van der Waals surface area contributed by atoms with Gasteiger partial charge in [-0.05, 0) is 18.1 Å². The zero-order valence-electron chi connectivity index (χ0n) is 11.3. The molecule has 0 radical (unpaired) electrons. The fraction of sp³-hybridized carbons (Fsp3) is 0.846. The summed E-state index contributed by atoms with van der Waals surface area (Å²) < 4.78 is 4.69. The standard InChI is InChI=1S/C13H24O3S/c1-5-6-7-11(13(15)16-4)12(14)9-17-8-10(2)3/h10-11H,5-9H2,1-4H3. The van der Waals surface area contributed by atoms with Gasteiger partial charge in [-0.25, -0.2) is 0 Å². The first-order valence-corrected chi connectivity index (χ1v) is 7.36. The first-order valence-electron chi connectivity index (χ1n) is 6.21. The summed E-state index contributed by atoms with van der Waals surface area (Å²) in [7, 11) is 1.34. The van der Waals surface area contributed by atoms with Gasteiger partial charge in [0, 0.05) is 0 Å². The maximum absolute atomic E-state index is 11.9. The number of hydrogen-bond donors (Lipinski definition) is 0. The van der Waals surface area contributed by atoms with Gasteiger partial charge in [-0.15, -0.1) is 0 Å². The number of methoxy groups -OCH3 is 1. The van der Waals surface area contributed by atoms with Gasteiger partial charge < -0.3 is 4.74 Å². The van der Waals surface area contributed by atoms with E-state index in [1.807, 2.05) is 6.92 Å². The van der Waals surface area contributed by atoms with Crippen LogP contribution in [-0.2, 0) is 14.3 Å². The van der Waals surface area contributed by atoms with Gasteiger partial charge in [0.15, 0.2) is 5.78 Å². The number of hydrogen-bond acceptors (Lipinski definition) is 4. The van der Waals surface area contributed by atoms with Gasteiger partial charge in [-0.1, -0.05) is 33.6 Å². The Morgan fingerprint density at radius 3 is 2.41 bits per heavy atom. The highest BCUT2D eigenvalue weighted by Gasteiger charge is 2.26. The Labute approximate surface area is 109 Å². The fourth-order valence-electron chi connectivity index (χ4n) is 1.46. The van der Waals surface area contributed by atoms with E-state index in [0.717, 1.165) is 18.6 Å². The van der Waals surface area contributed by atoms with Gasteiger partial charge >= 0.3 is 5.97 Å². The second kappa shape index (κ2) is 9.51. The lowest BCUT2D eigenvalue weighted by Crippen LogP contribution is -2.27. The third-order valence-corrected chi connectivity index (χ3v) is 3.81. The number of Topliss-reactive ketones (excluding diaryl/α,β-unsaturated/α-hetero) is 1. The van der Waals surface area contributed by atoms with Gasteiger partial charge in [0.1, 0.15) is 5.92 Å². The van der Waals surface area contributed by atoms with Crippen LogP contribution < -0.4 is 0 Å². The molecule has 0 aromatic carbocycles. The summed E-state index contributed by atoms with van der Waals surface area (Å²) in [4.78, 5) is 23.4. The molecule has 0 fully saturated rings. The van der Waals surface area contributed by atoms with Gasteiger partial charge in [-0.3, -0.25) is 9.59 Å². The van der Waals surface area contributed by atoms with E-state index >= 15 is 0 Å². The first kappa shape index (κ1) is 16.5. The zero-order valence-corrected chi connectivity index (χ0v) is 12.1. The monoisotopic (exact) mass is 260 g/mol. The van der Waals surface area contributed by atoms with Crippen molar-refractivity contribution >= 4 is 23.5 Å². The quantitative estimate of drug-likeness (QED) is 0.472. The molecule has 0 bridgehead atoms. The second-order valence-electron chi connectivity index (χ2n) is 4.59. The van der Waals surface area contributed by atoms with Gasteiger partial charge in [-0.2, -0.15) is 11.8 Å². The minimum atomic E-state index is -0.556. The Bertz CT molecular complexity index is 239. The van der Waals surface area contributed by atoms with Crippen LogP contribution in [-0.4, -0.2) is 30.4 Å². The van der Waals surface area contributed by atoms with Crippen molar-refractivity contribution in [1.29, 1.82) is 0 Å². The van der Waals surface area contributed by atoms with Crippen molar-refractivity contribution in [2.45, 2.75) is 40.0 Å². The van der Waals surface area contributed by atoms with Crippen LogP contribution in [0.2, 0.25) is 0 Å². The average Bonchev–Trinajstić information content (AvgIpc) is 2.28. The van der Waals surface area contributed by atoms with Crippen LogP contribution in [0.3, 0.4) is 0 Å². The summed E-state index contributed by atoms with van der Waals surface area (Å²) in [6.07, 6.45) is 2.49. The molecule has 0 aliphatic heterocycles. The van der Waals surface area contributed by atoms with Crippen molar-refractivity contribution in [3.05, 3.63) is 0 Å². The maximum atomic E-state index is 11.9. The maximum Gasteiger partial charge on any atom is 0.316 e. The Hall–Kier alpha value is -0.510. The molecule has 0 aliphatic rings. The van der Waals surface area contributed by atoms with E-state index in [2.05, 4.69) is 18.6 Å². The molecule has 1 atom stereocenters. The Kier molecular flexibility index (Phi) is 9.23. The smallest absolute Gasteiger partial charge is 0.316 e. The van der Waals surface area contributed by atoms with E-state index in [-0.39, 0.29) is 11.8 Å². The van der Waals surface area contributed by atoms with Crippen molar-refractivity contribution in [2.75, 3.05) is 18.6 Å². The van der Waals surface area contributed by atoms with E-state index in [9.17, 15) is 9.59 Å². The van der Waals surface area contributed by atoms with Crippen LogP contribution in [0, 0.1) is 11.8 Å². The Morgan fingerprint density at radius 2 is 1.94 bits per heavy atom. The summed E-state index contributed by atoms with van der Waals surface area (Å²) in [6, 6.07) is 0. The number of carbonyl (C=O) groups is 2. The minimum Gasteiger partial charge on any atom is -0.468 e. The van der Waals surface area contributed by atoms with Crippen molar-refractivity contribution < 1.29 is 14.3 Å². The van der Waals surface area contributed by atoms with E-state index in [1.54, 1.807) is 11.8 Å². The Morgan fingerprint density at radius 1 is 1.29 bits per heavy atom. The van der Waals surface area contributed by atoms with Crippen LogP contribution in [0.4, 0.5) is 0 Å². The van der Waals surface area contributed by atoms with Crippen LogP contribution in [0.5, 0.6) is 0 Å². The summed E-state index contributed by atoms with van der Waals surface area (Å²) in [5, 5.41) is 0. The van der Waals surface area contributed by atoms with Crippen molar-refractivity contribution in [3.63, 3.8) is 0 Å². The van der Waals surface area contributed by atoms with E-state index in [0.29, 0.717) is 18.1 Å². The molecule has 0 rings (SSSR count). The predicted molar refractivity (Wildman–Crippen MR) is 72.2 cm³/mol. The molecule has 3 nitrogen and oxygen atoms in total. The lowest BCUT2D eigenvalue weighted by atomic mass is 9.98. The molecule has 0 saturated heterocycles. The predicted octanol–water partition coefficient (Wildman–Crippen LogP) is 2.92. The third kappa shape index (κ3) is 7.42. The summed E-state index contributed by atoms with van der Waals surface area (Å²) >= 11 is 1.60. The molecule has 17 heavy (non-hydrogen) atoms. The van der Waals surface area contributed by atoms with Gasteiger partial charge in [0.05, 0.1) is 12.9 Å². The number of esters is 1. The molecule has 0 aromatic rings. The molecule has 4 heteroatoms. The number of thioether (sulfide) groups is 1. The van der Waals surface area contributed by atoms with Crippen LogP contribution in [0.1, 0.15) is 40.0 Å². The second-order valence-corrected chi connectivity index (χ2v) is 5.62. The fourth-order valence-corrected chi connectivity index (χ4v) is 2.45. The molecular weight excluding hydrogens is 236 g/mol. The van der Waals surface area contributed by atoms with Crippen molar-refractivity contribution in [1.82, 2.24) is 0 Å². The highest BCUT2D eigenvalue weighted by atomic mass is 32.2. The van der Waals surface area contributed by atoms with Gasteiger partial charge in [0.25, 0.3) is 0 Å². The zero-order chi connectivity index (χ0) is 13.3. The van der Waals surface area contributed by atoms with E-state index in [4.69, 9.17) is 0 Å². The number of ether oxygens (including phenoxy) is 1. The normalized spacial score (nSPS) is 12.5. The SMILES string of the molecule is CCCCC(C(=O)CSCC(C)C)C(=O)OC. The minimum absolute atomic E-state index is 0.0101. The molecule has 0 N–H and O–H groups in total. The molecule has 0 heterocycles. The molecule has 0 saturated carbocycles. The summed E-state index contributed by atoms with van der Waals surface area (Å²) in [5.74, 6) is 1.01. The number of unbranched alkanes of at least 4 members (excludes halogenated alkanes) is 1. The molecular formula is C13H24O3S. The average molecular weight is 260 g/mol. The molecule has 0 spiro atoms. The van der Waals surface area contributed by atoms with E-state index < -0.39 is 5.92 Å². The highest BCUT2D eigenvalue weighted by molar-refractivity contribution is 7.99. The largest absolute Gasteiger partial charge is 0.468 e. The third-order valence-electron chi connectivity index (χ3n) is 2.42. The summed E-state index contributed by atoms with van der Waals surface area (Å²) in [6.45, 7) is 6.28. The van der Waals surface area contributed by atoms with Crippen LogP contribution in [0.15, 0.2) is 0 Å². The number of carbonyl (C=O) groups excluding carboxylic acids is 2. The van der Waals surface area contributed by atoms with Crippen molar-refractivity contribution in [3.8, 4) is 0 Å². The number of ketones is 1. The molecule has 1 unspecified atom stereocenters. The highest BCUT2D eigenvalue weighted by Crippen LogP contribution is 2.16. The molecule has 0 aromatic heterocycles. The number of rotatable bonds is 9. The van der Waals surface area contributed by atoms with Gasteiger partial charge in [0.2, 0.25) is 0 Å².